The molecule has 6 nitrogen and oxygen atoms in total. The molecule has 2 heterocycles. The Morgan fingerprint density at radius 3 is 2.86 bits per heavy atom. The van der Waals surface area contributed by atoms with E-state index in [4.69, 9.17) is 10.5 Å². The molecule has 1 unspecified atom stereocenters. The maximum Gasteiger partial charge on any atom is 0.244 e. The van der Waals surface area contributed by atoms with E-state index < -0.39 is 10.0 Å². The van der Waals surface area contributed by atoms with Crippen molar-refractivity contribution in [3.05, 3.63) is 48.2 Å². The second-order valence-corrected chi connectivity index (χ2v) is 6.53. The highest BCUT2D eigenvalue weighted by atomic mass is 32.2. The third-order valence-electron chi connectivity index (χ3n) is 3.30. The molecule has 1 aliphatic rings. The van der Waals surface area contributed by atoms with E-state index in [1.807, 2.05) is 24.3 Å². The molecule has 110 valence electrons. The summed E-state index contributed by atoms with van der Waals surface area (Å²) in [6.45, 7) is 0.186. The molecule has 1 aliphatic heterocycles. The Hall–Kier alpha value is -2.12. The standard InChI is InChI=1S/C14H15N3O3S/c15-14-13(6-3-7-16-14)21(18,19)17-9-11-8-10-4-1-2-5-12(10)20-11/h1-7,11,17H,8-9H2,(H2,15,16). The number of nitrogen functional groups attached to an aromatic ring is 1. The number of pyridine rings is 1. The van der Waals surface area contributed by atoms with Crippen molar-refractivity contribution >= 4 is 15.8 Å². The first-order valence-corrected chi connectivity index (χ1v) is 7.99. The predicted octanol–water partition coefficient (Wildman–Crippen LogP) is 0.946. The Bertz CT molecular complexity index is 737. The van der Waals surface area contributed by atoms with Gasteiger partial charge in [0.05, 0.1) is 0 Å². The van der Waals surface area contributed by atoms with E-state index in [-0.39, 0.29) is 23.4 Å². The molecule has 0 saturated heterocycles. The minimum atomic E-state index is -3.68. The molecule has 1 atom stereocenters. The van der Waals surface area contributed by atoms with E-state index in [2.05, 4.69) is 9.71 Å². The summed E-state index contributed by atoms with van der Waals surface area (Å²) in [6, 6.07) is 10.6. The maximum absolute atomic E-state index is 12.2. The van der Waals surface area contributed by atoms with E-state index in [1.165, 1.54) is 18.3 Å². The first kappa shape index (κ1) is 13.8. The second-order valence-electron chi connectivity index (χ2n) is 4.79. The van der Waals surface area contributed by atoms with Gasteiger partial charge in [-0.15, -0.1) is 0 Å². The number of anilines is 1. The lowest BCUT2D eigenvalue weighted by Gasteiger charge is -2.13. The van der Waals surface area contributed by atoms with Crippen molar-refractivity contribution in [2.24, 2.45) is 0 Å². The van der Waals surface area contributed by atoms with E-state index in [1.54, 1.807) is 0 Å². The van der Waals surface area contributed by atoms with Gasteiger partial charge in [0, 0.05) is 19.2 Å². The van der Waals surface area contributed by atoms with Crippen LogP contribution in [0, 0.1) is 0 Å². The molecule has 0 fully saturated rings. The zero-order chi connectivity index (χ0) is 14.9. The van der Waals surface area contributed by atoms with Crippen molar-refractivity contribution in [1.29, 1.82) is 0 Å². The van der Waals surface area contributed by atoms with E-state index in [9.17, 15) is 8.42 Å². The average molecular weight is 305 g/mol. The Labute approximate surface area is 123 Å². The molecule has 21 heavy (non-hydrogen) atoms. The van der Waals surface area contributed by atoms with Crippen LogP contribution in [0.1, 0.15) is 5.56 Å². The number of aromatic nitrogens is 1. The van der Waals surface area contributed by atoms with Crippen molar-refractivity contribution in [1.82, 2.24) is 9.71 Å². The number of nitrogens with zero attached hydrogens (tertiary/aromatic N) is 1. The van der Waals surface area contributed by atoms with Crippen molar-refractivity contribution in [3.63, 3.8) is 0 Å². The van der Waals surface area contributed by atoms with E-state index >= 15 is 0 Å². The highest BCUT2D eigenvalue weighted by Crippen LogP contribution is 2.28. The molecule has 0 amide bonds. The van der Waals surface area contributed by atoms with Gasteiger partial charge < -0.3 is 10.5 Å². The van der Waals surface area contributed by atoms with Crippen LogP contribution in [0.4, 0.5) is 5.82 Å². The van der Waals surface area contributed by atoms with Gasteiger partial charge in [-0.1, -0.05) is 18.2 Å². The molecule has 3 N–H and O–H groups in total. The lowest BCUT2D eigenvalue weighted by molar-refractivity contribution is 0.236. The quantitative estimate of drug-likeness (QED) is 0.877. The van der Waals surface area contributed by atoms with Crippen molar-refractivity contribution in [3.8, 4) is 5.75 Å². The summed E-state index contributed by atoms with van der Waals surface area (Å²) in [5.74, 6) is 0.795. The molecule has 1 aromatic carbocycles. The van der Waals surface area contributed by atoms with Gasteiger partial charge in [-0.3, -0.25) is 0 Å². The summed E-state index contributed by atoms with van der Waals surface area (Å²) in [5.41, 5.74) is 6.68. The minimum Gasteiger partial charge on any atom is -0.488 e. The van der Waals surface area contributed by atoms with Gasteiger partial charge in [0.2, 0.25) is 10.0 Å². The number of hydrogen-bond acceptors (Lipinski definition) is 5. The first-order valence-electron chi connectivity index (χ1n) is 6.51. The fourth-order valence-electron chi connectivity index (χ4n) is 2.28. The predicted molar refractivity (Wildman–Crippen MR) is 78.4 cm³/mol. The molecule has 0 aliphatic carbocycles. The third kappa shape index (κ3) is 2.84. The summed E-state index contributed by atoms with van der Waals surface area (Å²) in [7, 11) is -3.68. The Morgan fingerprint density at radius 2 is 2.10 bits per heavy atom. The number of para-hydroxylation sites is 1. The molecule has 3 rings (SSSR count). The molecular formula is C14H15N3O3S. The van der Waals surface area contributed by atoms with Gasteiger partial charge in [-0.2, -0.15) is 0 Å². The van der Waals surface area contributed by atoms with Crippen LogP contribution in [0.5, 0.6) is 5.75 Å². The Balaban J connectivity index is 1.68. The summed E-state index contributed by atoms with van der Waals surface area (Å²) in [6.07, 6.45) is 1.92. The summed E-state index contributed by atoms with van der Waals surface area (Å²) < 4.78 is 32.6. The number of rotatable bonds is 4. The van der Waals surface area contributed by atoms with Crippen molar-refractivity contribution in [2.75, 3.05) is 12.3 Å². The SMILES string of the molecule is Nc1ncccc1S(=O)(=O)NCC1Cc2ccccc2O1. The van der Waals surface area contributed by atoms with Crippen LogP contribution in [-0.2, 0) is 16.4 Å². The number of sulfonamides is 1. The monoisotopic (exact) mass is 305 g/mol. The molecule has 0 saturated carbocycles. The largest absolute Gasteiger partial charge is 0.488 e. The Morgan fingerprint density at radius 1 is 1.29 bits per heavy atom. The minimum absolute atomic E-state index is 0.0133. The highest BCUT2D eigenvalue weighted by molar-refractivity contribution is 7.89. The number of nitrogens with two attached hydrogens (primary N) is 1. The van der Waals surface area contributed by atoms with Crippen LogP contribution >= 0.6 is 0 Å². The zero-order valence-electron chi connectivity index (χ0n) is 11.2. The summed E-state index contributed by atoms with van der Waals surface area (Å²) >= 11 is 0. The lowest BCUT2D eigenvalue weighted by Crippen LogP contribution is -2.34. The van der Waals surface area contributed by atoms with Gasteiger partial charge in [0.1, 0.15) is 22.6 Å². The second kappa shape index (κ2) is 5.34. The van der Waals surface area contributed by atoms with Crippen LogP contribution < -0.4 is 15.2 Å². The van der Waals surface area contributed by atoms with Crippen LogP contribution in [0.2, 0.25) is 0 Å². The van der Waals surface area contributed by atoms with Gasteiger partial charge >= 0.3 is 0 Å². The van der Waals surface area contributed by atoms with Gasteiger partial charge in [0.15, 0.2) is 0 Å². The lowest BCUT2D eigenvalue weighted by atomic mass is 10.1. The number of hydrogen-bond donors (Lipinski definition) is 2. The zero-order valence-corrected chi connectivity index (χ0v) is 12.0. The van der Waals surface area contributed by atoms with Crippen molar-refractivity contribution < 1.29 is 13.2 Å². The molecule has 0 bridgehead atoms. The summed E-state index contributed by atoms with van der Waals surface area (Å²) in [5, 5.41) is 0. The third-order valence-corrected chi connectivity index (χ3v) is 4.78. The number of ether oxygens (including phenoxy) is 1. The molecule has 1 aromatic heterocycles. The van der Waals surface area contributed by atoms with Gasteiger partial charge in [0.25, 0.3) is 0 Å². The van der Waals surface area contributed by atoms with Crippen LogP contribution in [-0.4, -0.2) is 26.1 Å². The fourth-order valence-corrected chi connectivity index (χ4v) is 3.42. The maximum atomic E-state index is 12.2. The molecule has 0 radical (unpaired) electrons. The molecule has 0 spiro atoms. The van der Waals surface area contributed by atoms with Crippen LogP contribution in [0.3, 0.4) is 0 Å². The highest BCUT2D eigenvalue weighted by Gasteiger charge is 2.25. The Kier molecular flexibility index (Phi) is 3.52. The summed E-state index contributed by atoms with van der Waals surface area (Å²) in [4.78, 5) is 3.77. The first-order chi connectivity index (χ1) is 10.1. The fraction of sp³-hybridized carbons (Fsp3) is 0.214. The topological polar surface area (TPSA) is 94.3 Å². The normalized spacial score (nSPS) is 17.2. The van der Waals surface area contributed by atoms with Crippen LogP contribution in [0.15, 0.2) is 47.5 Å². The molecular weight excluding hydrogens is 290 g/mol. The number of nitrogens with one attached hydrogen (secondary N) is 1. The number of benzene rings is 1. The smallest absolute Gasteiger partial charge is 0.244 e. The number of fused-ring (bicyclic) bond motifs is 1. The van der Waals surface area contributed by atoms with Crippen molar-refractivity contribution in [2.45, 2.75) is 17.4 Å². The molecule has 7 heteroatoms. The molecule has 2 aromatic rings. The van der Waals surface area contributed by atoms with Crippen LogP contribution in [0.25, 0.3) is 0 Å². The van der Waals surface area contributed by atoms with E-state index in [0.717, 1.165) is 11.3 Å². The van der Waals surface area contributed by atoms with E-state index in [0.29, 0.717) is 6.42 Å². The average Bonchev–Trinajstić information content (AvgIpc) is 2.88. The van der Waals surface area contributed by atoms with Gasteiger partial charge in [-0.25, -0.2) is 18.1 Å². The van der Waals surface area contributed by atoms with Gasteiger partial charge in [-0.05, 0) is 23.8 Å².